The molecule has 1 aliphatic rings. The van der Waals surface area contributed by atoms with E-state index in [0.717, 1.165) is 0 Å². The maximum Gasteiger partial charge on any atom is 0.275 e. The fraction of sp³-hybridized carbons (Fsp3) is 0.375. The molecule has 3 rings (SSSR count). The van der Waals surface area contributed by atoms with E-state index >= 15 is 0 Å². The van der Waals surface area contributed by atoms with Crippen molar-refractivity contribution in [1.82, 2.24) is 9.88 Å². The number of likely N-dealkylation sites (N-methyl/N-ethyl adjacent to an activating group) is 1. The van der Waals surface area contributed by atoms with Crippen molar-refractivity contribution in [2.45, 2.75) is 12.7 Å². The summed E-state index contributed by atoms with van der Waals surface area (Å²) < 4.78 is 21.3. The summed E-state index contributed by atoms with van der Waals surface area (Å²) in [4.78, 5) is 17.5. The maximum atomic E-state index is 12.2. The molecule has 1 aromatic carbocycles. The number of aromatic nitrogens is 1. The molecule has 0 aliphatic carbocycles. The number of ether oxygens (including phenoxy) is 3. The monoisotopic (exact) mass is 350 g/mol. The number of oxazole rings is 1. The number of nitrogens with zero attached hydrogens (tertiary/aromatic N) is 2. The van der Waals surface area contributed by atoms with Crippen LogP contribution in [0, 0.1) is 0 Å². The van der Waals surface area contributed by atoms with Gasteiger partial charge in [-0.2, -0.15) is 0 Å². The third-order valence-corrected chi connectivity index (χ3v) is 3.52. The molecule has 2 heterocycles. The van der Waals surface area contributed by atoms with Gasteiger partial charge in [0.15, 0.2) is 23.8 Å². The van der Waals surface area contributed by atoms with Crippen molar-refractivity contribution in [2.24, 2.45) is 0 Å². The van der Waals surface area contributed by atoms with Crippen molar-refractivity contribution < 1.29 is 33.6 Å². The van der Waals surface area contributed by atoms with Crippen LogP contribution in [0.15, 0.2) is 28.9 Å². The van der Waals surface area contributed by atoms with Crippen LogP contribution >= 0.6 is 0 Å². The molecule has 2 aromatic rings. The molecule has 0 saturated heterocycles. The van der Waals surface area contributed by atoms with E-state index in [1.165, 1.54) is 18.2 Å². The molecule has 0 spiro atoms. The van der Waals surface area contributed by atoms with Crippen LogP contribution in [0.5, 0.6) is 17.2 Å². The van der Waals surface area contributed by atoms with Gasteiger partial charge in [0.2, 0.25) is 12.7 Å². The van der Waals surface area contributed by atoms with Crippen LogP contribution in [0.3, 0.4) is 0 Å². The highest BCUT2D eigenvalue weighted by atomic mass is 16.7. The van der Waals surface area contributed by atoms with E-state index in [-0.39, 0.29) is 31.5 Å². The lowest BCUT2D eigenvalue weighted by Crippen LogP contribution is -2.36. The molecule has 0 saturated carbocycles. The fourth-order valence-electron chi connectivity index (χ4n) is 2.24. The SMILES string of the molecule is CN(CC(O)CO)C(=O)c1coc(COc2ccc3c(c2)OCO3)n1. The Morgan fingerprint density at radius 3 is 3.00 bits per heavy atom. The molecule has 9 heteroatoms. The van der Waals surface area contributed by atoms with E-state index in [4.69, 9.17) is 23.7 Å². The first-order valence-corrected chi connectivity index (χ1v) is 7.58. The standard InChI is InChI=1S/C16H18N2O7/c1-18(5-10(20)6-19)16(21)12-7-23-15(17-12)8-22-11-2-3-13-14(4-11)25-9-24-13/h2-4,7,10,19-20H,5-6,8-9H2,1H3. The first-order valence-electron chi connectivity index (χ1n) is 7.58. The van der Waals surface area contributed by atoms with Crippen molar-refractivity contribution in [3.63, 3.8) is 0 Å². The average molecular weight is 350 g/mol. The van der Waals surface area contributed by atoms with Crippen LogP contribution in [-0.4, -0.2) is 59.1 Å². The summed E-state index contributed by atoms with van der Waals surface area (Å²) in [5, 5.41) is 18.2. The number of amides is 1. The lowest BCUT2D eigenvalue weighted by Gasteiger charge is -2.18. The summed E-state index contributed by atoms with van der Waals surface area (Å²) in [6.07, 6.45) is 0.220. The molecule has 134 valence electrons. The Hall–Kier alpha value is -2.78. The van der Waals surface area contributed by atoms with E-state index in [1.54, 1.807) is 18.2 Å². The Bertz CT molecular complexity index is 746. The minimum absolute atomic E-state index is 0.00871. The zero-order chi connectivity index (χ0) is 17.8. The topological polar surface area (TPSA) is 114 Å². The van der Waals surface area contributed by atoms with Crippen LogP contribution in [0.25, 0.3) is 0 Å². The van der Waals surface area contributed by atoms with Crippen molar-refractivity contribution in [3.8, 4) is 17.2 Å². The Labute approximate surface area is 143 Å². The number of aliphatic hydroxyl groups is 2. The lowest BCUT2D eigenvalue weighted by molar-refractivity contribution is 0.0516. The van der Waals surface area contributed by atoms with Gasteiger partial charge in [-0.05, 0) is 12.1 Å². The van der Waals surface area contributed by atoms with Gasteiger partial charge in [0.05, 0.1) is 12.7 Å². The van der Waals surface area contributed by atoms with E-state index in [2.05, 4.69) is 4.98 Å². The number of carbonyl (C=O) groups excluding carboxylic acids is 1. The third kappa shape index (κ3) is 4.01. The predicted octanol–water partition coefficient (Wildman–Crippen LogP) is 0.407. The number of hydrogen-bond donors (Lipinski definition) is 2. The largest absolute Gasteiger partial charge is 0.484 e. The predicted molar refractivity (Wildman–Crippen MR) is 83.5 cm³/mol. The third-order valence-electron chi connectivity index (χ3n) is 3.52. The molecule has 1 aromatic heterocycles. The van der Waals surface area contributed by atoms with Crippen LogP contribution in [-0.2, 0) is 6.61 Å². The molecule has 1 amide bonds. The molecule has 0 fully saturated rings. The fourth-order valence-corrected chi connectivity index (χ4v) is 2.24. The minimum atomic E-state index is -1.00. The molecule has 1 unspecified atom stereocenters. The average Bonchev–Trinajstić information content (AvgIpc) is 3.27. The quantitative estimate of drug-likeness (QED) is 0.738. The molecular weight excluding hydrogens is 332 g/mol. The zero-order valence-corrected chi connectivity index (χ0v) is 13.5. The Morgan fingerprint density at radius 2 is 2.20 bits per heavy atom. The minimum Gasteiger partial charge on any atom is -0.484 e. The first-order chi connectivity index (χ1) is 12.1. The molecule has 0 bridgehead atoms. The van der Waals surface area contributed by atoms with Gasteiger partial charge in [-0.15, -0.1) is 0 Å². The van der Waals surface area contributed by atoms with Crippen molar-refractivity contribution >= 4 is 5.91 Å². The summed E-state index contributed by atoms with van der Waals surface area (Å²) in [5.74, 6) is 1.62. The van der Waals surface area contributed by atoms with Gasteiger partial charge >= 0.3 is 0 Å². The number of carbonyl (C=O) groups is 1. The Kier molecular flexibility index (Phi) is 5.05. The van der Waals surface area contributed by atoms with Gasteiger partial charge in [-0.3, -0.25) is 4.79 Å². The highest BCUT2D eigenvalue weighted by Gasteiger charge is 2.19. The molecule has 2 N–H and O–H groups in total. The van der Waals surface area contributed by atoms with Crippen LogP contribution in [0.1, 0.15) is 16.4 Å². The second-order valence-corrected chi connectivity index (χ2v) is 5.45. The molecule has 1 aliphatic heterocycles. The normalized spacial score (nSPS) is 13.6. The molecule has 1 atom stereocenters. The van der Waals surface area contributed by atoms with Gasteiger partial charge in [0.25, 0.3) is 5.91 Å². The summed E-state index contributed by atoms with van der Waals surface area (Å²) >= 11 is 0. The maximum absolute atomic E-state index is 12.2. The lowest BCUT2D eigenvalue weighted by atomic mass is 10.3. The highest BCUT2D eigenvalue weighted by molar-refractivity contribution is 5.91. The molecule has 25 heavy (non-hydrogen) atoms. The number of fused-ring (bicyclic) bond motifs is 1. The van der Waals surface area contributed by atoms with Gasteiger partial charge in [0.1, 0.15) is 12.0 Å². The van der Waals surface area contributed by atoms with E-state index in [9.17, 15) is 9.90 Å². The van der Waals surface area contributed by atoms with Gasteiger partial charge < -0.3 is 33.7 Å². The van der Waals surface area contributed by atoms with Crippen molar-refractivity contribution in [2.75, 3.05) is 27.0 Å². The smallest absolute Gasteiger partial charge is 0.275 e. The van der Waals surface area contributed by atoms with Crippen molar-refractivity contribution in [3.05, 3.63) is 36.0 Å². The summed E-state index contributed by atoms with van der Waals surface area (Å²) in [7, 11) is 1.50. The van der Waals surface area contributed by atoms with Crippen molar-refractivity contribution in [1.29, 1.82) is 0 Å². The highest BCUT2D eigenvalue weighted by Crippen LogP contribution is 2.35. The second-order valence-electron chi connectivity index (χ2n) is 5.45. The zero-order valence-electron chi connectivity index (χ0n) is 13.5. The van der Waals surface area contributed by atoms with Crippen LogP contribution in [0.2, 0.25) is 0 Å². The number of rotatable bonds is 7. The number of benzene rings is 1. The number of hydrogen-bond acceptors (Lipinski definition) is 8. The summed E-state index contributed by atoms with van der Waals surface area (Å²) in [5.41, 5.74) is 0.0944. The molecule has 9 nitrogen and oxygen atoms in total. The van der Waals surface area contributed by atoms with Gasteiger partial charge in [-0.25, -0.2) is 4.98 Å². The number of aliphatic hydroxyl groups excluding tert-OH is 2. The summed E-state index contributed by atoms with van der Waals surface area (Å²) in [6.45, 7) is -0.214. The van der Waals surface area contributed by atoms with E-state index < -0.39 is 18.6 Å². The van der Waals surface area contributed by atoms with E-state index in [1.807, 2.05) is 0 Å². The van der Waals surface area contributed by atoms with E-state index in [0.29, 0.717) is 17.2 Å². The Morgan fingerprint density at radius 1 is 1.40 bits per heavy atom. The second kappa shape index (κ2) is 7.41. The summed E-state index contributed by atoms with van der Waals surface area (Å²) in [6, 6.07) is 5.16. The Balaban J connectivity index is 1.57. The van der Waals surface area contributed by atoms with Gasteiger partial charge in [0, 0.05) is 19.7 Å². The van der Waals surface area contributed by atoms with Crippen LogP contribution < -0.4 is 14.2 Å². The van der Waals surface area contributed by atoms with Gasteiger partial charge in [-0.1, -0.05) is 0 Å². The first kappa shape index (κ1) is 17.1. The van der Waals surface area contributed by atoms with Crippen LogP contribution in [0.4, 0.5) is 0 Å². The molecular formula is C16H18N2O7. The molecule has 0 radical (unpaired) electrons.